The Bertz CT molecular complexity index is 1280. The van der Waals surface area contributed by atoms with Crippen LogP contribution in [0.25, 0.3) is 16.9 Å². The summed E-state index contributed by atoms with van der Waals surface area (Å²) < 4.78 is 35.0. The summed E-state index contributed by atoms with van der Waals surface area (Å²) in [7, 11) is -1.67. The van der Waals surface area contributed by atoms with Crippen molar-refractivity contribution in [1.82, 2.24) is 14.1 Å². The number of rotatable bonds is 5. The minimum Gasteiger partial charge on any atom is -0.491 e. The van der Waals surface area contributed by atoms with Crippen LogP contribution in [0.1, 0.15) is 30.7 Å². The van der Waals surface area contributed by atoms with Crippen LogP contribution in [0.2, 0.25) is 5.02 Å². The topological polar surface area (TPSA) is 64.4 Å². The predicted molar refractivity (Wildman–Crippen MR) is 126 cm³/mol. The van der Waals surface area contributed by atoms with Crippen molar-refractivity contribution in [3.63, 3.8) is 0 Å². The van der Waals surface area contributed by atoms with Crippen LogP contribution in [0, 0.1) is 0 Å². The van der Waals surface area contributed by atoms with Gasteiger partial charge in [-0.25, -0.2) is 17.4 Å². The number of ether oxygens (including phenoxy) is 1. The van der Waals surface area contributed by atoms with E-state index < -0.39 is 15.3 Å². The second-order valence-corrected chi connectivity index (χ2v) is 11.7. The molecule has 32 heavy (non-hydrogen) atoms. The average molecular weight is 472 g/mol. The second-order valence-electron chi connectivity index (χ2n) is 8.73. The van der Waals surface area contributed by atoms with Gasteiger partial charge in [0.25, 0.3) is 0 Å². The Balaban J connectivity index is 1.62. The first kappa shape index (κ1) is 21.5. The number of para-hydroxylation sites is 1. The Morgan fingerprint density at radius 3 is 2.62 bits per heavy atom. The van der Waals surface area contributed by atoms with Crippen LogP contribution in [0.3, 0.4) is 0 Å². The van der Waals surface area contributed by atoms with Crippen molar-refractivity contribution in [2.24, 2.45) is 0 Å². The third-order valence-electron chi connectivity index (χ3n) is 6.49. The molecule has 0 unspecified atom stereocenters. The number of aromatic nitrogens is 2. The van der Waals surface area contributed by atoms with E-state index in [0.29, 0.717) is 24.5 Å². The molecule has 3 aromatic rings. The number of hydrogen-bond donors (Lipinski definition) is 0. The molecule has 2 aromatic carbocycles. The molecule has 0 N–H and O–H groups in total. The van der Waals surface area contributed by atoms with Gasteiger partial charge in [-0.15, -0.1) is 0 Å². The van der Waals surface area contributed by atoms with Crippen molar-refractivity contribution in [3.8, 4) is 22.7 Å². The highest BCUT2D eigenvalue weighted by atomic mass is 35.5. The molecule has 0 fully saturated rings. The van der Waals surface area contributed by atoms with Crippen LogP contribution in [0.5, 0.6) is 5.75 Å². The van der Waals surface area contributed by atoms with E-state index in [1.807, 2.05) is 41.1 Å². The highest BCUT2D eigenvalue weighted by Gasteiger charge is 2.37. The molecule has 0 amide bonds. The lowest BCUT2D eigenvalue weighted by Crippen LogP contribution is -2.41. The molecule has 6 nitrogen and oxygen atoms in total. The van der Waals surface area contributed by atoms with Crippen molar-refractivity contribution >= 4 is 21.6 Å². The lowest BCUT2D eigenvalue weighted by molar-refractivity contribution is 0.354. The van der Waals surface area contributed by atoms with E-state index in [1.165, 1.54) is 9.87 Å². The van der Waals surface area contributed by atoms with Crippen molar-refractivity contribution in [1.29, 1.82) is 0 Å². The molecule has 8 heteroatoms. The van der Waals surface area contributed by atoms with E-state index in [4.69, 9.17) is 21.4 Å². The summed E-state index contributed by atoms with van der Waals surface area (Å²) in [6.45, 7) is 4.11. The zero-order valence-electron chi connectivity index (χ0n) is 18.4. The van der Waals surface area contributed by atoms with Gasteiger partial charge in [-0.1, -0.05) is 35.9 Å². The molecular weight excluding hydrogens is 446 g/mol. The summed E-state index contributed by atoms with van der Waals surface area (Å²) in [5.74, 6) is 0.875. The minimum absolute atomic E-state index is 0.140. The summed E-state index contributed by atoms with van der Waals surface area (Å²) in [6.07, 6.45) is 2.09. The molecule has 0 spiro atoms. The van der Waals surface area contributed by atoms with Gasteiger partial charge in [-0.3, -0.25) is 0 Å². The molecule has 2 heterocycles. The Morgan fingerprint density at radius 2 is 1.91 bits per heavy atom. The van der Waals surface area contributed by atoms with E-state index in [1.54, 1.807) is 20.9 Å². The lowest BCUT2D eigenvalue weighted by atomic mass is 10.0. The van der Waals surface area contributed by atoms with Crippen LogP contribution in [0.4, 0.5) is 0 Å². The SMILES string of the molecule is CC(C)S(=O)(=O)N(C)[C@@H]1Cc2nn(-c3cccc4c3OCC4)c(-c3ccc(Cl)cc3)c2C1. The van der Waals surface area contributed by atoms with Gasteiger partial charge in [0.1, 0.15) is 11.4 Å². The molecular formula is C24H26ClN3O3S. The molecule has 5 rings (SSSR count). The Hall–Kier alpha value is -2.35. The van der Waals surface area contributed by atoms with Crippen molar-refractivity contribution < 1.29 is 13.2 Å². The van der Waals surface area contributed by atoms with E-state index in [9.17, 15) is 8.42 Å². The highest BCUT2D eigenvalue weighted by molar-refractivity contribution is 7.89. The molecule has 1 aromatic heterocycles. The van der Waals surface area contributed by atoms with Crippen molar-refractivity contribution in [2.45, 2.75) is 44.4 Å². The van der Waals surface area contributed by atoms with Gasteiger partial charge in [0.15, 0.2) is 0 Å². The second kappa shape index (κ2) is 7.90. The molecule has 168 valence electrons. The number of hydrogen-bond acceptors (Lipinski definition) is 4. The maximum atomic E-state index is 12.8. The van der Waals surface area contributed by atoms with E-state index in [0.717, 1.165) is 40.4 Å². The van der Waals surface area contributed by atoms with Gasteiger partial charge in [-0.2, -0.15) is 5.10 Å². The number of halogens is 1. The fourth-order valence-corrected chi connectivity index (χ4v) is 6.00. The van der Waals surface area contributed by atoms with Crippen LogP contribution in [-0.4, -0.2) is 47.4 Å². The van der Waals surface area contributed by atoms with Gasteiger partial charge in [0, 0.05) is 42.1 Å². The lowest BCUT2D eigenvalue weighted by Gasteiger charge is -2.26. The van der Waals surface area contributed by atoms with Gasteiger partial charge in [-0.05, 0) is 44.0 Å². The molecule has 1 aliphatic heterocycles. The quantitative estimate of drug-likeness (QED) is 0.557. The van der Waals surface area contributed by atoms with E-state index >= 15 is 0 Å². The van der Waals surface area contributed by atoms with Gasteiger partial charge in [0.05, 0.1) is 23.2 Å². The van der Waals surface area contributed by atoms with E-state index in [2.05, 4.69) is 6.07 Å². The zero-order chi connectivity index (χ0) is 22.6. The Kier molecular flexibility index (Phi) is 5.31. The number of fused-ring (bicyclic) bond motifs is 2. The number of benzene rings is 2. The molecule has 1 aliphatic carbocycles. The zero-order valence-corrected chi connectivity index (χ0v) is 19.9. The molecule has 0 bridgehead atoms. The average Bonchev–Trinajstić information content (AvgIpc) is 3.47. The monoisotopic (exact) mass is 471 g/mol. The number of likely N-dealkylation sites (N-methyl/N-ethyl adjacent to an activating group) is 1. The van der Waals surface area contributed by atoms with Gasteiger partial charge < -0.3 is 4.74 Å². The van der Waals surface area contributed by atoms with Crippen LogP contribution < -0.4 is 4.74 Å². The maximum Gasteiger partial charge on any atom is 0.216 e. The van der Waals surface area contributed by atoms with Crippen molar-refractivity contribution in [3.05, 3.63) is 64.3 Å². The first-order valence-corrected chi connectivity index (χ1v) is 12.7. The third kappa shape index (κ3) is 3.43. The molecule has 0 saturated heterocycles. The summed E-state index contributed by atoms with van der Waals surface area (Å²) in [5.41, 5.74) is 6.08. The van der Waals surface area contributed by atoms with Crippen LogP contribution in [-0.2, 0) is 29.3 Å². The molecule has 0 saturated carbocycles. The van der Waals surface area contributed by atoms with Gasteiger partial charge >= 0.3 is 0 Å². The van der Waals surface area contributed by atoms with Crippen LogP contribution >= 0.6 is 11.6 Å². The smallest absolute Gasteiger partial charge is 0.216 e. The summed E-state index contributed by atoms with van der Waals surface area (Å²) in [4.78, 5) is 0. The fraction of sp³-hybridized carbons (Fsp3) is 0.375. The third-order valence-corrected chi connectivity index (χ3v) is 9.03. The van der Waals surface area contributed by atoms with Gasteiger partial charge in [0.2, 0.25) is 10.0 Å². The normalized spacial score (nSPS) is 17.6. The maximum absolute atomic E-state index is 12.8. The number of sulfonamides is 1. The summed E-state index contributed by atoms with van der Waals surface area (Å²) in [6, 6.07) is 13.7. The predicted octanol–water partition coefficient (Wildman–Crippen LogP) is 4.26. The highest BCUT2D eigenvalue weighted by Crippen LogP contribution is 2.40. The van der Waals surface area contributed by atoms with Crippen molar-refractivity contribution in [2.75, 3.05) is 13.7 Å². The standard InChI is InChI=1S/C24H26ClN3O3S/c1-15(2)32(29,30)27(3)19-13-20-21(14-19)26-28(23(20)16-7-9-18(25)10-8-16)22-6-4-5-17-11-12-31-24(17)22/h4-10,15,19H,11-14H2,1-3H3/t19-/m0/s1. The Morgan fingerprint density at radius 1 is 1.16 bits per heavy atom. The summed E-state index contributed by atoms with van der Waals surface area (Å²) in [5, 5.41) is 5.19. The molecule has 1 atom stereocenters. The van der Waals surface area contributed by atoms with E-state index in [-0.39, 0.29) is 6.04 Å². The first-order valence-electron chi connectivity index (χ1n) is 10.9. The minimum atomic E-state index is -3.35. The largest absolute Gasteiger partial charge is 0.491 e. The molecule has 2 aliphatic rings. The first-order chi connectivity index (χ1) is 15.3. The summed E-state index contributed by atoms with van der Waals surface area (Å²) >= 11 is 6.15. The fourth-order valence-electron chi connectivity index (χ4n) is 4.65. The number of nitrogens with zero attached hydrogens (tertiary/aromatic N) is 3. The molecule has 0 radical (unpaired) electrons. The van der Waals surface area contributed by atoms with Crippen LogP contribution in [0.15, 0.2) is 42.5 Å². The Labute approximate surface area is 193 Å².